The number of hydrogen-bond acceptors (Lipinski definition) is 4. The third-order valence-electron chi connectivity index (χ3n) is 3.08. The van der Waals surface area contributed by atoms with Crippen LogP contribution in [0.2, 0.25) is 0 Å². The highest BCUT2D eigenvalue weighted by atomic mass is 35.5. The summed E-state index contributed by atoms with van der Waals surface area (Å²) in [5, 5.41) is 2.85. The van der Waals surface area contributed by atoms with E-state index in [0.29, 0.717) is 32.6 Å². The van der Waals surface area contributed by atoms with Gasteiger partial charge in [-0.1, -0.05) is 18.2 Å². The van der Waals surface area contributed by atoms with E-state index in [1.807, 2.05) is 54.6 Å². The molecule has 0 saturated heterocycles. The fourth-order valence-corrected chi connectivity index (χ4v) is 1.97. The first kappa shape index (κ1) is 19.8. The molecule has 2 aromatic carbocycles. The Morgan fingerprint density at radius 3 is 2.21 bits per heavy atom. The Morgan fingerprint density at radius 2 is 1.54 bits per heavy atom. The van der Waals surface area contributed by atoms with Crippen molar-refractivity contribution in [2.75, 3.05) is 25.1 Å². The van der Waals surface area contributed by atoms with E-state index < -0.39 is 0 Å². The van der Waals surface area contributed by atoms with Crippen molar-refractivity contribution in [1.82, 2.24) is 0 Å². The highest BCUT2D eigenvalue weighted by molar-refractivity contribution is 5.90. The van der Waals surface area contributed by atoms with Gasteiger partial charge in [0, 0.05) is 18.7 Å². The van der Waals surface area contributed by atoms with E-state index in [0.717, 1.165) is 17.2 Å². The number of rotatable bonds is 9. The number of hydrogen-bond donors (Lipinski definition) is 2. The second-order valence-electron chi connectivity index (χ2n) is 4.97. The van der Waals surface area contributed by atoms with Gasteiger partial charge in [-0.15, -0.1) is 12.4 Å². The molecule has 0 aliphatic rings. The molecular weight excluding hydrogens is 328 g/mol. The van der Waals surface area contributed by atoms with E-state index in [1.54, 1.807) is 0 Å². The smallest absolute Gasteiger partial charge is 0.224 e. The van der Waals surface area contributed by atoms with Crippen LogP contribution in [0, 0.1) is 0 Å². The Morgan fingerprint density at radius 1 is 0.917 bits per heavy atom. The monoisotopic (exact) mass is 350 g/mol. The van der Waals surface area contributed by atoms with Crippen molar-refractivity contribution in [3.8, 4) is 11.5 Å². The van der Waals surface area contributed by atoms with Crippen LogP contribution < -0.4 is 20.5 Å². The summed E-state index contributed by atoms with van der Waals surface area (Å²) >= 11 is 0. The molecule has 0 aliphatic heterocycles. The topological polar surface area (TPSA) is 73.6 Å². The Kier molecular flexibility index (Phi) is 9.34. The second kappa shape index (κ2) is 11.3. The van der Waals surface area contributed by atoms with Crippen LogP contribution in [-0.2, 0) is 4.79 Å². The van der Waals surface area contributed by atoms with Crippen molar-refractivity contribution < 1.29 is 14.3 Å². The average molecular weight is 351 g/mol. The minimum Gasteiger partial charge on any atom is -0.494 e. The maximum Gasteiger partial charge on any atom is 0.224 e. The van der Waals surface area contributed by atoms with E-state index in [2.05, 4.69) is 5.32 Å². The van der Waals surface area contributed by atoms with Gasteiger partial charge in [0.2, 0.25) is 5.91 Å². The second-order valence-corrected chi connectivity index (χ2v) is 4.97. The molecule has 0 saturated carbocycles. The van der Waals surface area contributed by atoms with E-state index in [4.69, 9.17) is 15.2 Å². The highest BCUT2D eigenvalue weighted by Crippen LogP contribution is 2.16. The summed E-state index contributed by atoms with van der Waals surface area (Å²) in [7, 11) is 0. The first-order valence-electron chi connectivity index (χ1n) is 7.68. The maximum absolute atomic E-state index is 11.9. The van der Waals surface area contributed by atoms with Crippen molar-refractivity contribution in [3.05, 3.63) is 54.6 Å². The van der Waals surface area contributed by atoms with Gasteiger partial charge >= 0.3 is 0 Å². The lowest BCUT2D eigenvalue weighted by atomic mass is 10.2. The van der Waals surface area contributed by atoms with Gasteiger partial charge in [-0.3, -0.25) is 4.79 Å². The molecule has 0 bridgehead atoms. The number of anilines is 1. The molecule has 0 unspecified atom stereocenters. The minimum absolute atomic E-state index is 0. The Hall–Kier alpha value is -2.24. The Bertz CT molecular complexity index is 591. The fraction of sp³-hybridized carbons (Fsp3) is 0.278. The summed E-state index contributed by atoms with van der Waals surface area (Å²) in [6, 6.07) is 16.8. The molecule has 0 fully saturated rings. The van der Waals surface area contributed by atoms with Crippen molar-refractivity contribution >= 4 is 24.0 Å². The molecule has 2 rings (SSSR count). The molecule has 0 atom stereocenters. The molecule has 130 valence electrons. The largest absolute Gasteiger partial charge is 0.494 e. The average Bonchev–Trinajstić information content (AvgIpc) is 2.59. The molecule has 0 heterocycles. The quantitative estimate of drug-likeness (QED) is 0.681. The number of carbonyl (C=O) groups excluding carboxylic acids is 1. The lowest BCUT2D eigenvalue weighted by Gasteiger charge is -2.08. The van der Waals surface area contributed by atoms with Crippen LogP contribution in [0.4, 0.5) is 5.69 Å². The van der Waals surface area contributed by atoms with Gasteiger partial charge in [-0.25, -0.2) is 0 Å². The van der Waals surface area contributed by atoms with Crippen LogP contribution in [0.5, 0.6) is 11.5 Å². The van der Waals surface area contributed by atoms with Crippen LogP contribution in [0.25, 0.3) is 0 Å². The van der Waals surface area contributed by atoms with E-state index in [-0.39, 0.29) is 18.3 Å². The lowest BCUT2D eigenvalue weighted by molar-refractivity contribution is -0.116. The van der Waals surface area contributed by atoms with E-state index in [1.165, 1.54) is 0 Å². The number of para-hydroxylation sites is 1. The van der Waals surface area contributed by atoms with Gasteiger partial charge in [0.05, 0.1) is 6.61 Å². The molecule has 3 N–H and O–H groups in total. The SMILES string of the molecule is Cl.NCCOc1ccc(NC(=O)CCCOc2ccccc2)cc1. The van der Waals surface area contributed by atoms with Crippen LogP contribution in [0.15, 0.2) is 54.6 Å². The lowest BCUT2D eigenvalue weighted by Crippen LogP contribution is -2.13. The predicted molar refractivity (Wildman–Crippen MR) is 98.0 cm³/mol. The van der Waals surface area contributed by atoms with E-state index >= 15 is 0 Å². The molecule has 2 aromatic rings. The van der Waals surface area contributed by atoms with Crippen LogP contribution in [0.3, 0.4) is 0 Å². The zero-order valence-corrected chi connectivity index (χ0v) is 14.3. The highest BCUT2D eigenvalue weighted by Gasteiger charge is 2.03. The van der Waals surface area contributed by atoms with Crippen LogP contribution in [-0.4, -0.2) is 25.7 Å². The Balaban J connectivity index is 0.00000288. The third kappa shape index (κ3) is 7.35. The number of carbonyl (C=O) groups is 1. The summed E-state index contributed by atoms with van der Waals surface area (Å²) < 4.78 is 10.9. The molecular formula is C18H23ClN2O3. The zero-order valence-electron chi connectivity index (χ0n) is 13.4. The minimum atomic E-state index is -0.0303. The molecule has 0 aliphatic carbocycles. The third-order valence-corrected chi connectivity index (χ3v) is 3.08. The van der Waals surface area contributed by atoms with Gasteiger partial charge in [-0.2, -0.15) is 0 Å². The van der Waals surface area contributed by atoms with Gasteiger partial charge in [0.1, 0.15) is 18.1 Å². The molecule has 0 spiro atoms. The van der Waals surface area contributed by atoms with Crippen LogP contribution >= 0.6 is 12.4 Å². The van der Waals surface area contributed by atoms with Gasteiger partial charge in [-0.05, 0) is 42.8 Å². The summed E-state index contributed by atoms with van der Waals surface area (Å²) in [6.45, 7) is 1.47. The van der Waals surface area contributed by atoms with E-state index in [9.17, 15) is 4.79 Å². The number of nitrogens with one attached hydrogen (secondary N) is 1. The number of ether oxygens (including phenoxy) is 2. The van der Waals surface area contributed by atoms with Crippen molar-refractivity contribution in [2.24, 2.45) is 5.73 Å². The summed E-state index contributed by atoms with van der Waals surface area (Å²) in [6.07, 6.45) is 1.08. The number of benzene rings is 2. The first-order valence-corrected chi connectivity index (χ1v) is 7.68. The van der Waals surface area contributed by atoms with Gasteiger partial charge < -0.3 is 20.5 Å². The molecule has 1 amide bonds. The normalized spacial score (nSPS) is 9.71. The van der Waals surface area contributed by atoms with Gasteiger partial charge in [0.15, 0.2) is 0 Å². The predicted octanol–water partition coefficient (Wildman–Crippen LogP) is 3.24. The Labute approximate surface area is 148 Å². The number of nitrogens with two attached hydrogens (primary N) is 1. The maximum atomic E-state index is 11.9. The standard InChI is InChI=1S/C18H22N2O3.ClH/c19-12-14-23-17-10-8-15(9-11-17)20-18(21)7-4-13-22-16-5-2-1-3-6-16;/h1-3,5-6,8-11H,4,7,12-14,19H2,(H,20,21);1H. The van der Waals surface area contributed by atoms with Gasteiger partial charge in [0.25, 0.3) is 0 Å². The van der Waals surface area contributed by atoms with Crippen molar-refractivity contribution in [3.63, 3.8) is 0 Å². The molecule has 0 aromatic heterocycles. The van der Waals surface area contributed by atoms with Crippen molar-refractivity contribution in [2.45, 2.75) is 12.8 Å². The summed E-state index contributed by atoms with van der Waals surface area (Å²) in [5.41, 5.74) is 6.12. The fourth-order valence-electron chi connectivity index (χ4n) is 1.97. The molecule has 0 radical (unpaired) electrons. The van der Waals surface area contributed by atoms with Crippen LogP contribution in [0.1, 0.15) is 12.8 Å². The number of halogens is 1. The summed E-state index contributed by atoms with van der Waals surface area (Å²) in [4.78, 5) is 11.9. The summed E-state index contributed by atoms with van der Waals surface area (Å²) in [5.74, 6) is 1.53. The molecule has 6 heteroatoms. The van der Waals surface area contributed by atoms with Crippen molar-refractivity contribution in [1.29, 1.82) is 0 Å². The number of amides is 1. The first-order chi connectivity index (χ1) is 11.3. The molecule has 5 nitrogen and oxygen atoms in total. The zero-order chi connectivity index (χ0) is 16.3. The molecule has 24 heavy (non-hydrogen) atoms.